The molecule has 0 aromatic carbocycles. The lowest BCUT2D eigenvalue weighted by atomic mass is 9.87. The monoisotopic (exact) mass is 207 g/mol. The molecule has 0 radical (unpaired) electrons. The number of fused-ring (bicyclic) bond motifs is 1. The molecule has 2 rings (SSSR count). The number of alkyl halides is 3. The minimum absolute atomic E-state index is 0.249. The molecule has 2 saturated heterocycles. The lowest BCUT2D eigenvalue weighted by Gasteiger charge is -2.29. The van der Waals surface area contributed by atoms with Gasteiger partial charge < -0.3 is 0 Å². The van der Waals surface area contributed by atoms with E-state index in [4.69, 9.17) is 0 Å². The summed E-state index contributed by atoms with van der Waals surface area (Å²) in [6.45, 7) is 2.71. The van der Waals surface area contributed by atoms with Crippen molar-refractivity contribution >= 4 is 0 Å². The summed E-state index contributed by atoms with van der Waals surface area (Å²) in [6.07, 6.45) is -1.35. The van der Waals surface area contributed by atoms with E-state index in [0.717, 1.165) is 6.42 Å². The van der Waals surface area contributed by atoms with Crippen LogP contribution in [0.15, 0.2) is 0 Å². The number of rotatable bonds is 2. The first kappa shape index (κ1) is 10.3. The summed E-state index contributed by atoms with van der Waals surface area (Å²) >= 11 is 0. The number of hydrogen-bond acceptors (Lipinski definition) is 1. The molecule has 4 heteroatoms. The van der Waals surface area contributed by atoms with Crippen molar-refractivity contribution in [2.24, 2.45) is 5.92 Å². The second-order valence-corrected chi connectivity index (χ2v) is 4.58. The van der Waals surface area contributed by atoms with Gasteiger partial charge in [-0.15, -0.1) is 0 Å². The summed E-state index contributed by atoms with van der Waals surface area (Å²) in [7, 11) is 0. The van der Waals surface area contributed by atoms with Gasteiger partial charge in [0.15, 0.2) is 0 Å². The predicted octanol–water partition coefficient (Wildman–Crippen LogP) is 2.46. The zero-order valence-corrected chi connectivity index (χ0v) is 8.35. The summed E-state index contributed by atoms with van der Waals surface area (Å²) in [5, 5.41) is 0. The van der Waals surface area contributed by atoms with E-state index in [1.54, 1.807) is 0 Å². The molecular weight excluding hydrogens is 191 g/mol. The van der Waals surface area contributed by atoms with Crippen LogP contribution in [0.3, 0.4) is 0 Å². The summed E-state index contributed by atoms with van der Waals surface area (Å²) in [5.41, 5.74) is -0.249. The van der Waals surface area contributed by atoms with Crippen LogP contribution in [0.4, 0.5) is 13.2 Å². The first-order valence-corrected chi connectivity index (χ1v) is 5.24. The van der Waals surface area contributed by atoms with Crippen LogP contribution in [0, 0.1) is 5.92 Å². The van der Waals surface area contributed by atoms with Gasteiger partial charge in [-0.2, -0.15) is 0 Å². The van der Waals surface area contributed by atoms with Crippen LogP contribution in [0.5, 0.6) is 0 Å². The second-order valence-electron chi connectivity index (χ2n) is 4.58. The Hall–Kier alpha value is -0.250. The van der Waals surface area contributed by atoms with Gasteiger partial charge in [0.1, 0.15) is 6.17 Å². The van der Waals surface area contributed by atoms with Crippen LogP contribution in [0.25, 0.3) is 0 Å². The molecule has 14 heavy (non-hydrogen) atoms. The third-order valence-corrected chi connectivity index (χ3v) is 3.80. The van der Waals surface area contributed by atoms with E-state index in [-0.39, 0.29) is 5.54 Å². The fraction of sp³-hybridized carbons (Fsp3) is 1.00. The Kier molecular flexibility index (Phi) is 2.50. The molecule has 0 aromatic rings. The Labute approximate surface area is 82.3 Å². The molecule has 2 heterocycles. The third-order valence-electron chi connectivity index (χ3n) is 3.80. The zero-order valence-electron chi connectivity index (χ0n) is 8.35. The van der Waals surface area contributed by atoms with Gasteiger partial charge in [0.05, 0.1) is 0 Å². The van der Waals surface area contributed by atoms with E-state index in [1.165, 1.54) is 0 Å². The molecule has 3 atom stereocenters. The molecule has 0 spiro atoms. The van der Waals surface area contributed by atoms with Gasteiger partial charge >= 0.3 is 0 Å². The highest BCUT2D eigenvalue weighted by Gasteiger charge is 2.52. The van der Waals surface area contributed by atoms with Gasteiger partial charge in [-0.3, -0.25) is 4.90 Å². The number of hydrogen-bond donors (Lipinski definition) is 0. The highest BCUT2D eigenvalue weighted by atomic mass is 19.3. The Morgan fingerprint density at radius 3 is 2.57 bits per heavy atom. The molecule has 2 fully saturated rings. The van der Waals surface area contributed by atoms with Crippen molar-refractivity contribution in [1.29, 1.82) is 0 Å². The molecule has 2 aliphatic heterocycles. The SMILES string of the molecule is CC[C@]12CC(F)CN1CC(C(F)F)C2. The summed E-state index contributed by atoms with van der Waals surface area (Å²) in [4.78, 5) is 1.94. The minimum Gasteiger partial charge on any atom is -0.294 e. The van der Waals surface area contributed by atoms with Crippen LogP contribution in [-0.4, -0.2) is 36.1 Å². The summed E-state index contributed by atoms with van der Waals surface area (Å²) in [5.74, 6) is -0.539. The van der Waals surface area contributed by atoms with Crippen molar-refractivity contribution in [2.75, 3.05) is 13.1 Å². The van der Waals surface area contributed by atoms with E-state index in [1.807, 2.05) is 11.8 Å². The van der Waals surface area contributed by atoms with Crippen LogP contribution in [-0.2, 0) is 0 Å². The van der Waals surface area contributed by atoms with Crippen LogP contribution >= 0.6 is 0 Å². The number of nitrogens with zero attached hydrogens (tertiary/aromatic N) is 1. The smallest absolute Gasteiger partial charge is 0.242 e. The maximum Gasteiger partial charge on any atom is 0.242 e. The molecule has 0 bridgehead atoms. The van der Waals surface area contributed by atoms with Crippen molar-refractivity contribution in [3.63, 3.8) is 0 Å². The Balaban J connectivity index is 2.10. The molecule has 2 unspecified atom stereocenters. The Morgan fingerprint density at radius 1 is 1.36 bits per heavy atom. The van der Waals surface area contributed by atoms with E-state index >= 15 is 0 Å². The average molecular weight is 207 g/mol. The molecule has 0 amide bonds. The van der Waals surface area contributed by atoms with Gasteiger partial charge in [0.2, 0.25) is 6.43 Å². The molecule has 0 N–H and O–H groups in total. The van der Waals surface area contributed by atoms with Crippen LogP contribution in [0.1, 0.15) is 26.2 Å². The molecule has 1 nitrogen and oxygen atoms in total. The molecule has 0 aliphatic carbocycles. The average Bonchev–Trinajstić information content (AvgIpc) is 2.57. The first-order chi connectivity index (χ1) is 6.57. The zero-order chi connectivity index (χ0) is 10.3. The van der Waals surface area contributed by atoms with Crippen LogP contribution < -0.4 is 0 Å². The lowest BCUT2D eigenvalue weighted by molar-refractivity contribution is 0.0780. The molecular formula is C10H16F3N. The maximum atomic E-state index is 13.2. The second kappa shape index (κ2) is 3.40. The Bertz CT molecular complexity index is 221. The van der Waals surface area contributed by atoms with Gasteiger partial charge in [0.25, 0.3) is 0 Å². The van der Waals surface area contributed by atoms with Crippen LogP contribution in [0.2, 0.25) is 0 Å². The topological polar surface area (TPSA) is 3.24 Å². The largest absolute Gasteiger partial charge is 0.294 e. The highest BCUT2D eigenvalue weighted by molar-refractivity contribution is 5.05. The first-order valence-electron chi connectivity index (χ1n) is 5.24. The van der Waals surface area contributed by atoms with E-state index in [9.17, 15) is 13.2 Å². The lowest BCUT2D eigenvalue weighted by Crippen LogP contribution is -2.37. The molecule has 0 saturated carbocycles. The highest BCUT2D eigenvalue weighted by Crippen LogP contribution is 2.46. The molecule has 2 aliphatic rings. The number of halogens is 3. The van der Waals surface area contributed by atoms with E-state index in [0.29, 0.717) is 25.9 Å². The van der Waals surface area contributed by atoms with Crippen molar-refractivity contribution < 1.29 is 13.2 Å². The quantitative estimate of drug-likeness (QED) is 0.672. The fourth-order valence-corrected chi connectivity index (χ4v) is 3.04. The fourth-order valence-electron chi connectivity index (χ4n) is 3.04. The Morgan fingerprint density at radius 2 is 2.07 bits per heavy atom. The summed E-state index contributed by atoms with van der Waals surface area (Å²) < 4.78 is 38.2. The van der Waals surface area contributed by atoms with Crippen molar-refractivity contribution in [2.45, 2.75) is 44.3 Å². The van der Waals surface area contributed by atoms with Gasteiger partial charge in [-0.05, 0) is 19.3 Å². The molecule has 82 valence electrons. The van der Waals surface area contributed by atoms with Gasteiger partial charge in [-0.1, -0.05) is 6.92 Å². The normalized spacial score (nSPS) is 43.5. The van der Waals surface area contributed by atoms with Crippen molar-refractivity contribution in [3.8, 4) is 0 Å². The van der Waals surface area contributed by atoms with E-state index in [2.05, 4.69) is 0 Å². The van der Waals surface area contributed by atoms with Gasteiger partial charge in [0, 0.05) is 24.5 Å². The third kappa shape index (κ3) is 1.44. The molecule has 0 aromatic heterocycles. The predicted molar refractivity (Wildman–Crippen MR) is 48.2 cm³/mol. The summed E-state index contributed by atoms with van der Waals surface area (Å²) in [6, 6.07) is 0. The van der Waals surface area contributed by atoms with Crippen molar-refractivity contribution in [1.82, 2.24) is 4.90 Å². The standard InChI is InChI=1S/C10H16F3N/c1-2-10-3-7(9(12)13)5-14(10)6-8(11)4-10/h7-9H,2-6H2,1H3/t7?,8?,10-/m0/s1. The van der Waals surface area contributed by atoms with Gasteiger partial charge in [-0.25, -0.2) is 13.2 Å². The maximum absolute atomic E-state index is 13.2. The minimum atomic E-state index is -2.25. The van der Waals surface area contributed by atoms with Crippen molar-refractivity contribution in [3.05, 3.63) is 0 Å². The van der Waals surface area contributed by atoms with E-state index < -0.39 is 18.5 Å².